The molecule has 0 bridgehead atoms. The number of anilines is 1. The Labute approximate surface area is 261 Å². The minimum absolute atomic E-state index is 0.148. The Bertz CT molecular complexity index is 2110. The van der Waals surface area contributed by atoms with Crippen molar-refractivity contribution in [3.63, 3.8) is 0 Å². The first-order valence-corrected chi connectivity index (χ1v) is 17.4. The molecular weight excluding hydrogens is 617 g/mol. The van der Waals surface area contributed by atoms with Crippen LogP contribution in [0.2, 0.25) is 0 Å². The zero-order chi connectivity index (χ0) is 31.8. The Morgan fingerprint density at radius 1 is 0.889 bits per heavy atom. The van der Waals surface area contributed by atoms with Gasteiger partial charge in [0.2, 0.25) is 11.5 Å². The lowest BCUT2D eigenvalue weighted by atomic mass is 10.0. The third kappa shape index (κ3) is 6.94. The van der Waals surface area contributed by atoms with Crippen molar-refractivity contribution in [1.29, 1.82) is 0 Å². The topological polar surface area (TPSA) is 141 Å². The largest absolute Gasteiger partial charge is 0.743 e. The van der Waals surface area contributed by atoms with Crippen LogP contribution in [0.25, 0.3) is 39.4 Å². The normalized spacial score (nSPS) is 15.3. The SMILES string of the molecule is CC/C(=C/c1oc2ccc(-c3ccccc3)cc2[n+]1CS(=O)(=O)[O-])CC1Oc2ccc(-c3ccccc3)cc2N1CS(=O)(=O)O. The van der Waals surface area contributed by atoms with Crippen LogP contribution in [-0.2, 0) is 26.1 Å². The molecule has 1 N–H and O–H groups in total. The molecule has 1 aromatic heterocycles. The molecule has 12 heteroatoms. The highest BCUT2D eigenvalue weighted by atomic mass is 32.2. The molecule has 1 aliphatic heterocycles. The Hall–Kier alpha value is -4.49. The number of nitrogens with zero attached hydrogens (tertiary/aromatic N) is 2. The predicted octanol–water partition coefficient (Wildman–Crippen LogP) is 5.81. The number of hydrogen-bond donors (Lipinski definition) is 1. The quantitative estimate of drug-likeness (QED) is 0.147. The number of fused-ring (bicyclic) bond motifs is 2. The van der Waals surface area contributed by atoms with Gasteiger partial charge in [0.15, 0.2) is 16.3 Å². The molecule has 0 spiro atoms. The Kier molecular flexibility index (Phi) is 8.23. The van der Waals surface area contributed by atoms with Gasteiger partial charge in [-0.25, -0.2) is 8.42 Å². The van der Waals surface area contributed by atoms with E-state index in [1.807, 2.05) is 85.8 Å². The molecule has 232 valence electrons. The molecule has 1 unspecified atom stereocenters. The lowest BCUT2D eigenvalue weighted by Crippen LogP contribution is -2.40. The van der Waals surface area contributed by atoms with E-state index in [2.05, 4.69) is 0 Å². The van der Waals surface area contributed by atoms with E-state index in [4.69, 9.17) is 9.15 Å². The maximum absolute atomic E-state index is 12.1. The Morgan fingerprint density at radius 3 is 2.11 bits per heavy atom. The summed E-state index contributed by atoms with van der Waals surface area (Å²) in [5, 5.41) is 0. The van der Waals surface area contributed by atoms with Crippen LogP contribution in [0, 0.1) is 0 Å². The summed E-state index contributed by atoms with van der Waals surface area (Å²) in [5.41, 5.74) is 5.59. The molecular formula is C33H30N2O8S2. The van der Waals surface area contributed by atoms with E-state index in [1.54, 1.807) is 24.3 Å². The highest BCUT2D eigenvalue weighted by Gasteiger charge is 2.35. The summed E-state index contributed by atoms with van der Waals surface area (Å²) in [6.07, 6.45) is 1.52. The summed E-state index contributed by atoms with van der Waals surface area (Å²) >= 11 is 0. The van der Waals surface area contributed by atoms with Gasteiger partial charge in [-0.1, -0.05) is 85.3 Å². The molecule has 5 aromatic rings. The van der Waals surface area contributed by atoms with Gasteiger partial charge in [-0.3, -0.25) is 4.55 Å². The molecule has 0 fully saturated rings. The number of hydrogen-bond acceptors (Lipinski definition) is 8. The van der Waals surface area contributed by atoms with Crippen LogP contribution in [0.4, 0.5) is 5.69 Å². The van der Waals surface area contributed by atoms with Crippen LogP contribution in [0.3, 0.4) is 0 Å². The minimum atomic E-state index is -4.70. The van der Waals surface area contributed by atoms with Crippen LogP contribution >= 0.6 is 0 Å². The van der Waals surface area contributed by atoms with Crippen molar-refractivity contribution in [2.45, 2.75) is 31.9 Å². The van der Waals surface area contributed by atoms with Gasteiger partial charge in [0.05, 0.1) is 11.8 Å². The first-order chi connectivity index (χ1) is 21.5. The number of ether oxygens (including phenoxy) is 1. The molecule has 4 aromatic carbocycles. The Balaban J connectivity index is 1.37. The molecule has 45 heavy (non-hydrogen) atoms. The first kappa shape index (κ1) is 30.5. The van der Waals surface area contributed by atoms with Crippen molar-refractivity contribution in [2.24, 2.45) is 0 Å². The number of rotatable bonds is 10. The third-order valence-electron chi connectivity index (χ3n) is 7.63. The highest BCUT2D eigenvalue weighted by Crippen LogP contribution is 2.42. The van der Waals surface area contributed by atoms with E-state index in [9.17, 15) is 25.9 Å². The van der Waals surface area contributed by atoms with Gasteiger partial charge in [0.25, 0.3) is 15.6 Å². The summed E-state index contributed by atoms with van der Waals surface area (Å²) in [7, 11) is -9.13. The molecule has 0 saturated carbocycles. The van der Waals surface area contributed by atoms with E-state index in [-0.39, 0.29) is 12.3 Å². The minimum Gasteiger partial charge on any atom is -0.743 e. The standard InChI is InChI=1S/C33H30N2O8S2/c1-2-23(17-32-34(21-44(36,37)38)28-19-26(13-15-30(28)42-32)24-9-5-3-6-10-24)18-33-35(22-45(39,40)41)29-20-27(14-16-31(29)43-33)25-11-7-4-8-12-25/h3-17,19-20,33H,2,18,21-22H2,1H3,(H-,36,37,38,39,40,41)/b23-17-. The molecule has 0 aliphatic carbocycles. The number of benzene rings is 4. The maximum atomic E-state index is 12.1. The van der Waals surface area contributed by atoms with E-state index in [1.165, 1.54) is 9.47 Å². The van der Waals surface area contributed by atoms with Crippen LogP contribution in [0.5, 0.6) is 5.75 Å². The summed E-state index contributed by atoms with van der Waals surface area (Å²) in [5.74, 6) is -0.927. The lowest BCUT2D eigenvalue weighted by Gasteiger charge is -2.24. The van der Waals surface area contributed by atoms with Gasteiger partial charge in [0, 0.05) is 12.5 Å². The first-order valence-electron chi connectivity index (χ1n) is 14.2. The molecule has 1 aliphatic rings. The summed E-state index contributed by atoms with van der Waals surface area (Å²) in [4.78, 5) is 1.49. The van der Waals surface area contributed by atoms with Crippen molar-refractivity contribution >= 4 is 43.1 Å². The zero-order valence-corrected chi connectivity index (χ0v) is 25.9. The van der Waals surface area contributed by atoms with Crippen molar-refractivity contribution < 1.29 is 39.7 Å². The average molecular weight is 647 g/mol. The van der Waals surface area contributed by atoms with Crippen LogP contribution in [0.15, 0.2) is 107 Å². The lowest BCUT2D eigenvalue weighted by molar-refractivity contribution is -0.658. The summed E-state index contributed by atoms with van der Waals surface area (Å²) in [6, 6.07) is 29.9. The molecule has 0 amide bonds. The molecule has 1 atom stereocenters. The predicted molar refractivity (Wildman–Crippen MR) is 170 cm³/mol. The van der Waals surface area contributed by atoms with E-state index in [0.29, 0.717) is 29.0 Å². The van der Waals surface area contributed by atoms with Crippen molar-refractivity contribution in [3.8, 4) is 28.0 Å². The van der Waals surface area contributed by atoms with Crippen LogP contribution < -0.4 is 14.2 Å². The van der Waals surface area contributed by atoms with Crippen molar-refractivity contribution in [1.82, 2.24) is 0 Å². The van der Waals surface area contributed by atoms with E-state index in [0.717, 1.165) is 27.8 Å². The van der Waals surface area contributed by atoms with Gasteiger partial charge in [-0.05, 0) is 46.9 Å². The molecule has 2 heterocycles. The fraction of sp³-hybridized carbons (Fsp3) is 0.182. The molecule has 10 nitrogen and oxygen atoms in total. The highest BCUT2D eigenvalue weighted by molar-refractivity contribution is 7.85. The molecule has 6 rings (SSSR count). The van der Waals surface area contributed by atoms with Gasteiger partial charge < -0.3 is 18.6 Å². The van der Waals surface area contributed by atoms with Crippen LogP contribution in [-0.4, -0.2) is 38.0 Å². The van der Waals surface area contributed by atoms with Gasteiger partial charge in [-0.15, -0.1) is 4.57 Å². The second-order valence-corrected chi connectivity index (χ2v) is 13.6. The third-order valence-corrected chi connectivity index (χ3v) is 8.81. The monoisotopic (exact) mass is 646 g/mol. The van der Waals surface area contributed by atoms with Gasteiger partial charge in [0.1, 0.15) is 11.6 Å². The fourth-order valence-corrected chi connectivity index (χ4v) is 6.75. The Morgan fingerprint density at radius 2 is 1.51 bits per heavy atom. The zero-order valence-electron chi connectivity index (χ0n) is 24.2. The van der Waals surface area contributed by atoms with Gasteiger partial charge in [-0.2, -0.15) is 8.42 Å². The summed E-state index contributed by atoms with van der Waals surface area (Å²) < 4.78 is 83.5. The average Bonchev–Trinajstić information content (AvgIpc) is 3.51. The second kappa shape index (κ2) is 12.1. The smallest absolute Gasteiger partial charge is 0.374 e. The van der Waals surface area contributed by atoms with Crippen molar-refractivity contribution in [2.75, 3.05) is 10.8 Å². The van der Waals surface area contributed by atoms with Gasteiger partial charge >= 0.3 is 5.89 Å². The number of oxazole rings is 1. The van der Waals surface area contributed by atoms with E-state index >= 15 is 0 Å². The maximum Gasteiger partial charge on any atom is 0.374 e. The van der Waals surface area contributed by atoms with E-state index < -0.39 is 38.2 Å². The fourth-order valence-electron chi connectivity index (χ4n) is 5.51. The second-order valence-electron chi connectivity index (χ2n) is 10.8. The molecule has 0 saturated heterocycles. The van der Waals surface area contributed by atoms with Crippen molar-refractivity contribution in [3.05, 3.63) is 109 Å². The number of aromatic nitrogens is 1. The van der Waals surface area contributed by atoms with Crippen LogP contribution in [0.1, 0.15) is 25.7 Å². The summed E-state index contributed by atoms with van der Waals surface area (Å²) in [6.45, 7) is 1.89. The molecule has 0 radical (unpaired) electrons.